The van der Waals surface area contributed by atoms with Crippen LogP contribution >= 0.6 is 0 Å². The van der Waals surface area contributed by atoms with E-state index in [9.17, 15) is 0 Å². The fourth-order valence-corrected chi connectivity index (χ4v) is 1.43. The van der Waals surface area contributed by atoms with Gasteiger partial charge < -0.3 is 10.2 Å². The summed E-state index contributed by atoms with van der Waals surface area (Å²) in [7, 11) is 3.90. The Hall–Kier alpha value is -1.32. The predicted octanol–water partition coefficient (Wildman–Crippen LogP) is 2.39. The molecule has 90 valence electrons. The third kappa shape index (κ3) is 2.84. The lowest BCUT2D eigenvalue weighted by molar-refractivity contribution is 0.328. The van der Waals surface area contributed by atoms with E-state index in [0.29, 0.717) is 6.04 Å². The molecule has 0 aliphatic carbocycles. The Labute approximate surface area is 98.1 Å². The summed E-state index contributed by atoms with van der Waals surface area (Å²) in [5, 5.41) is 3.00. The molecule has 4 nitrogen and oxygen atoms in total. The second-order valence-corrected chi connectivity index (χ2v) is 5.17. The fourth-order valence-electron chi connectivity index (χ4n) is 1.43. The molecular weight excluding hydrogens is 200 g/mol. The van der Waals surface area contributed by atoms with Crippen molar-refractivity contribution in [1.29, 1.82) is 0 Å². The van der Waals surface area contributed by atoms with Gasteiger partial charge in [0.1, 0.15) is 11.6 Å². The third-order valence-electron chi connectivity index (χ3n) is 3.07. The second-order valence-electron chi connectivity index (χ2n) is 5.17. The van der Waals surface area contributed by atoms with Crippen LogP contribution in [-0.4, -0.2) is 30.1 Å². The van der Waals surface area contributed by atoms with Crippen LogP contribution in [0.3, 0.4) is 0 Å². The molecule has 0 bridgehead atoms. The van der Waals surface area contributed by atoms with Crippen molar-refractivity contribution in [3.8, 4) is 0 Å². The summed E-state index contributed by atoms with van der Waals surface area (Å²) in [4.78, 5) is 10.8. The van der Waals surface area contributed by atoms with Crippen molar-refractivity contribution in [3.05, 3.63) is 12.4 Å². The molecule has 0 aliphatic rings. The Balaban J connectivity index is 2.91. The van der Waals surface area contributed by atoms with Crippen LogP contribution in [-0.2, 0) is 0 Å². The average Bonchev–Trinajstić information content (AvgIpc) is 2.26. The largest absolute Gasteiger partial charge is 0.372 e. The first kappa shape index (κ1) is 12.7. The maximum absolute atomic E-state index is 4.48. The minimum absolute atomic E-state index is 0.214. The fraction of sp³-hybridized carbons (Fsp3) is 0.667. The van der Waals surface area contributed by atoms with Crippen LogP contribution in [0.25, 0.3) is 0 Å². The predicted molar refractivity (Wildman–Crippen MR) is 68.9 cm³/mol. The molecule has 0 radical (unpaired) electrons. The minimum atomic E-state index is 0.214. The number of rotatable bonds is 3. The topological polar surface area (TPSA) is 41.1 Å². The van der Waals surface area contributed by atoms with Gasteiger partial charge in [-0.2, -0.15) is 0 Å². The molecule has 0 spiro atoms. The third-order valence-corrected chi connectivity index (χ3v) is 3.07. The summed E-state index contributed by atoms with van der Waals surface area (Å²) < 4.78 is 0. The minimum Gasteiger partial charge on any atom is -0.372 e. The van der Waals surface area contributed by atoms with Crippen LogP contribution < -0.4 is 10.2 Å². The molecule has 1 aromatic heterocycles. The van der Waals surface area contributed by atoms with Gasteiger partial charge in [-0.25, -0.2) is 4.98 Å². The first-order valence-electron chi connectivity index (χ1n) is 5.59. The van der Waals surface area contributed by atoms with Gasteiger partial charge in [-0.05, 0) is 12.3 Å². The molecule has 16 heavy (non-hydrogen) atoms. The molecule has 1 heterocycles. The van der Waals surface area contributed by atoms with Crippen LogP contribution in [0, 0.1) is 5.41 Å². The Morgan fingerprint density at radius 1 is 1.31 bits per heavy atom. The summed E-state index contributed by atoms with van der Waals surface area (Å²) in [5.74, 6) is 1.69. The summed E-state index contributed by atoms with van der Waals surface area (Å²) in [6.45, 7) is 8.88. The Kier molecular flexibility index (Phi) is 3.73. The lowest BCUT2D eigenvalue weighted by atomic mass is 9.87. The Morgan fingerprint density at radius 2 is 1.94 bits per heavy atom. The molecule has 4 heteroatoms. The Morgan fingerprint density at radius 3 is 2.44 bits per heavy atom. The van der Waals surface area contributed by atoms with Gasteiger partial charge in [-0.3, -0.25) is 4.98 Å². The van der Waals surface area contributed by atoms with Crippen molar-refractivity contribution < 1.29 is 0 Å². The highest BCUT2D eigenvalue weighted by atomic mass is 15.2. The van der Waals surface area contributed by atoms with Gasteiger partial charge in [0, 0.05) is 20.1 Å². The van der Waals surface area contributed by atoms with Gasteiger partial charge in [-0.15, -0.1) is 0 Å². The molecule has 1 rings (SSSR count). The molecule has 1 aromatic rings. The quantitative estimate of drug-likeness (QED) is 0.852. The van der Waals surface area contributed by atoms with E-state index < -0.39 is 0 Å². The maximum atomic E-state index is 4.48. The number of hydrogen-bond acceptors (Lipinski definition) is 4. The normalized spacial score (nSPS) is 13.4. The number of hydrogen-bond donors (Lipinski definition) is 1. The van der Waals surface area contributed by atoms with Gasteiger partial charge in [0.15, 0.2) is 0 Å². The van der Waals surface area contributed by atoms with Crippen molar-refractivity contribution in [2.24, 2.45) is 5.41 Å². The number of aromatic nitrogens is 2. The zero-order chi connectivity index (χ0) is 12.3. The average molecular weight is 222 g/mol. The van der Waals surface area contributed by atoms with Gasteiger partial charge >= 0.3 is 0 Å². The molecule has 1 atom stereocenters. The SMILES string of the molecule is CNc1cncc(N(C)C(C)C(C)(C)C)n1. The van der Waals surface area contributed by atoms with Crippen LogP contribution in [0.5, 0.6) is 0 Å². The van der Waals surface area contributed by atoms with Gasteiger partial charge in [-0.1, -0.05) is 20.8 Å². The molecule has 1 unspecified atom stereocenters. The second kappa shape index (κ2) is 4.68. The van der Waals surface area contributed by atoms with Crippen molar-refractivity contribution >= 4 is 11.6 Å². The van der Waals surface area contributed by atoms with E-state index in [1.165, 1.54) is 0 Å². The maximum Gasteiger partial charge on any atom is 0.149 e. The molecule has 0 saturated carbocycles. The molecule has 1 N–H and O–H groups in total. The summed E-state index contributed by atoms with van der Waals surface area (Å²) in [6.07, 6.45) is 3.52. The highest BCUT2D eigenvalue weighted by molar-refractivity contribution is 5.43. The van der Waals surface area contributed by atoms with Crippen LogP contribution in [0.4, 0.5) is 11.6 Å². The summed E-state index contributed by atoms with van der Waals surface area (Å²) in [5.41, 5.74) is 0.214. The van der Waals surface area contributed by atoms with Gasteiger partial charge in [0.05, 0.1) is 12.4 Å². The molecule has 0 saturated heterocycles. The Bertz CT molecular complexity index is 343. The van der Waals surface area contributed by atoms with Crippen molar-refractivity contribution in [2.45, 2.75) is 33.7 Å². The van der Waals surface area contributed by atoms with E-state index in [2.05, 4.69) is 54.9 Å². The van der Waals surface area contributed by atoms with Crippen LogP contribution in [0.15, 0.2) is 12.4 Å². The molecule has 0 aliphatic heterocycles. The lowest BCUT2D eigenvalue weighted by Crippen LogP contribution is -2.39. The zero-order valence-corrected chi connectivity index (χ0v) is 11.1. The first-order valence-corrected chi connectivity index (χ1v) is 5.59. The smallest absolute Gasteiger partial charge is 0.149 e. The van der Waals surface area contributed by atoms with Crippen molar-refractivity contribution in [2.75, 3.05) is 24.3 Å². The van der Waals surface area contributed by atoms with Crippen LogP contribution in [0.1, 0.15) is 27.7 Å². The number of anilines is 2. The van der Waals surface area contributed by atoms with Gasteiger partial charge in [0.2, 0.25) is 0 Å². The lowest BCUT2D eigenvalue weighted by Gasteiger charge is -2.36. The van der Waals surface area contributed by atoms with Crippen molar-refractivity contribution in [3.63, 3.8) is 0 Å². The number of nitrogens with one attached hydrogen (secondary N) is 1. The molecule has 0 amide bonds. The van der Waals surface area contributed by atoms with Crippen molar-refractivity contribution in [1.82, 2.24) is 9.97 Å². The molecular formula is C12H22N4. The van der Waals surface area contributed by atoms with E-state index in [0.717, 1.165) is 11.6 Å². The molecule has 0 fully saturated rings. The highest BCUT2D eigenvalue weighted by Gasteiger charge is 2.24. The van der Waals surface area contributed by atoms with E-state index in [4.69, 9.17) is 0 Å². The summed E-state index contributed by atoms with van der Waals surface area (Å²) >= 11 is 0. The summed E-state index contributed by atoms with van der Waals surface area (Å²) in [6, 6.07) is 0.397. The van der Waals surface area contributed by atoms with E-state index in [-0.39, 0.29) is 5.41 Å². The monoisotopic (exact) mass is 222 g/mol. The number of nitrogens with zero attached hydrogens (tertiary/aromatic N) is 3. The first-order chi connectivity index (χ1) is 7.36. The highest BCUT2D eigenvalue weighted by Crippen LogP contribution is 2.26. The standard InChI is InChI=1S/C12H22N4/c1-9(12(2,3)4)16(6)11-8-14-7-10(13-5)15-11/h7-9H,1-6H3,(H,13,15). The zero-order valence-electron chi connectivity index (χ0n) is 11.1. The van der Waals surface area contributed by atoms with E-state index in [1.54, 1.807) is 12.4 Å². The van der Waals surface area contributed by atoms with Crippen LogP contribution in [0.2, 0.25) is 0 Å². The van der Waals surface area contributed by atoms with Gasteiger partial charge in [0.25, 0.3) is 0 Å². The van der Waals surface area contributed by atoms with E-state index >= 15 is 0 Å². The van der Waals surface area contributed by atoms with E-state index in [1.807, 2.05) is 7.05 Å². The molecule has 0 aromatic carbocycles.